The van der Waals surface area contributed by atoms with Crippen LogP contribution in [-0.4, -0.2) is 19.9 Å². The summed E-state index contributed by atoms with van der Waals surface area (Å²) in [6, 6.07) is 19.0. The Labute approximate surface area is 173 Å². The van der Waals surface area contributed by atoms with E-state index in [1.165, 1.54) is 5.56 Å². The summed E-state index contributed by atoms with van der Waals surface area (Å²) >= 11 is 0. The predicted molar refractivity (Wildman–Crippen MR) is 104 cm³/mol. The zero-order valence-electron chi connectivity index (χ0n) is 14.8. The van der Waals surface area contributed by atoms with Crippen LogP contribution in [0.15, 0.2) is 85.5 Å². The molecule has 2 N–H and O–H groups in total. The fourth-order valence-electron chi connectivity index (χ4n) is 2.27. The molecule has 0 bridgehead atoms. The van der Waals surface area contributed by atoms with Crippen molar-refractivity contribution in [3.8, 4) is 22.8 Å². The Kier molecular flexibility index (Phi) is 7.77. The summed E-state index contributed by atoms with van der Waals surface area (Å²) < 4.78 is 0. The third-order valence-corrected chi connectivity index (χ3v) is 3.55. The molecule has 4 aromatic heterocycles. The summed E-state index contributed by atoms with van der Waals surface area (Å²) in [5.41, 5.74) is 10.9. The first-order valence-electron chi connectivity index (χ1n) is 8.19. The maximum atomic E-state index is 5.94. The molecule has 5 nitrogen and oxygen atoms in total. The second kappa shape index (κ2) is 10.3. The molecule has 4 rings (SSSR count). The Morgan fingerprint density at radius 1 is 0.667 bits per heavy atom. The van der Waals surface area contributed by atoms with Crippen LogP contribution in [0.25, 0.3) is 22.8 Å². The van der Waals surface area contributed by atoms with E-state index in [4.69, 9.17) is 5.73 Å². The van der Waals surface area contributed by atoms with Gasteiger partial charge in [-0.1, -0.05) is 12.1 Å². The van der Waals surface area contributed by atoms with Gasteiger partial charge in [0.05, 0.1) is 22.8 Å². The zero-order chi connectivity index (χ0) is 18.2. The van der Waals surface area contributed by atoms with Gasteiger partial charge in [0.1, 0.15) is 0 Å². The van der Waals surface area contributed by atoms with E-state index in [-0.39, 0.29) is 21.1 Å². The smallest absolute Gasteiger partial charge is 0.0914 e. The molecule has 0 aliphatic carbocycles. The number of hydrogen-bond acceptors (Lipinski definition) is 5. The van der Waals surface area contributed by atoms with Crippen molar-refractivity contribution in [3.63, 3.8) is 0 Å². The van der Waals surface area contributed by atoms with E-state index in [1.807, 2.05) is 67.6 Å². The molecule has 0 saturated heterocycles. The van der Waals surface area contributed by atoms with Crippen LogP contribution in [-0.2, 0) is 21.1 Å². The molecule has 0 amide bonds. The number of aryl methyl sites for hydroxylation is 1. The van der Waals surface area contributed by atoms with Crippen molar-refractivity contribution in [2.75, 3.05) is 5.73 Å². The maximum absolute atomic E-state index is 5.94. The molecule has 0 aliphatic heterocycles. The van der Waals surface area contributed by atoms with E-state index in [2.05, 4.69) is 19.9 Å². The standard InChI is InChI=1S/C15H12N4.C6H7N.Pt/c16-11-9-14(12-5-1-3-7-17-12)19-15(10-11)13-6-2-4-8-18-13;1-6-2-4-7-5-3-6;/h1-10H,(H2,16,19);2-5H,1H3;. The van der Waals surface area contributed by atoms with Crippen LogP contribution >= 0.6 is 0 Å². The van der Waals surface area contributed by atoms with Gasteiger partial charge < -0.3 is 5.73 Å². The van der Waals surface area contributed by atoms with Crippen molar-refractivity contribution < 1.29 is 21.1 Å². The Hall–Kier alpha value is -2.91. The van der Waals surface area contributed by atoms with E-state index in [0.717, 1.165) is 22.8 Å². The number of aromatic nitrogens is 4. The average Bonchev–Trinajstić information content (AvgIpc) is 2.70. The molecule has 0 fully saturated rings. The summed E-state index contributed by atoms with van der Waals surface area (Å²) in [5.74, 6) is 0. The van der Waals surface area contributed by atoms with Crippen LogP contribution in [0.5, 0.6) is 0 Å². The fraction of sp³-hybridized carbons (Fsp3) is 0.0476. The van der Waals surface area contributed by atoms with Crippen molar-refractivity contribution in [1.29, 1.82) is 0 Å². The monoisotopic (exact) mass is 536 g/mol. The van der Waals surface area contributed by atoms with Crippen molar-refractivity contribution in [1.82, 2.24) is 19.9 Å². The first kappa shape index (κ1) is 20.4. The Morgan fingerprint density at radius 2 is 1.19 bits per heavy atom. The molecule has 0 radical (unpaired) electrons. The van der Waals surface area contributed by atoms with Crippen molar-refractivity contribution in [3.05, 3.63) is 91.0 Å². The molecule has 0 atom stereocenters. The topological polar surface area (TPSA) is 77.6 Å². The van der Waals surface area contributed by atoms with E-state index in [0.29, 0.717) is 5.69 Å². The molecule has 0 unspecified atom stereocenters. The van der Waals surface area contributed by atoms with Gasteiger partial charge in [0, 0.05) is 51.5 Å². The summed E-state index contributed by atoms with van der Waals surface area (Å²) in [6.45, 7) is 2.04. The van der Waals surface area contributed by atoms with Gasteiger partial charge in [-0.2, -0.15) is 0 Å². The molecular weight excluding hydrogens is 517 g/mol. The van der Waals surface area contributed by atoms with E-state index in [1.54, 1.807) is 24.8 Å². The Morgan fingerprint density at radius 3 is 1.56 bits per heavy atom. The van der Waals surface area contributed by atoms with Gasteiger partial charge in [0.15, 0.2) is 0 Å². The maximum Gasteiger partial charge on any atom is 0.0914 e. The van der Waals surface area contributed by atoms with Gasteiger partial charge in [-0.05, 0) is 61.0 Å². The van der Waals surface area contributed by atoms with Gasteiger partial charge in [-0.25, -0.2) is 4.98 Å². The Balaban J connectivity index is 0.000000278. The minimum atomic E-state index is 0. The fourth-order valence-corrected chi connectivity index (χ4v) is 2.27. The molecule has 27 heavy (non-hydrogen) atoms. The van der Waals surface area contributed by atoms with Gasteiger partial charge in [-0.3, -0.25) is 15.0 Å². The van der Waals surface area contributed by atoms with Crippen LogP contribution in [0.3, 0.4) is 0 Å². The van der Waals surface area contributed by atoms with Crippen LogP contribution in [0.1, 0.15) is 5.56 Å². The molecular formula is C21H19N5Pt. The molecule has 6 heteroatoms. The second-order valence-corrected chi connectivity index (χ2v) is 5.63. The molecule has 4 aromatic rings. The third kappa shape index (κ3) is 6.08. The SMILES string of the molecule is Cc1ccncc1.Nc1cc(-c2ccccn2)nc(-c2ccccn2)c1.[Pt]. The van der Waals surface area contributed by atoms with E-state index >= 15 is 0 Å². The van der Waals surface area contributed by atoms with Crippen LogP contribution < -0.4 is 5.73 Å². The number of pyridine rings is 4. The van der Waals surface area contributed by atoms with Gasteiger partial charge >= 0.3 is 0 Å². The van der Waals surface area contributed by atoms with Crippen LogP contribution in [0.2, 0.25) is 0 Å². The number of nitrogens with two attached hydrogens (primary N) is 1. The normalized spacial score (nSPS) is 9.52. The number of rotatable bonds is 2. The van der Waals surface area contributed by atoms with Crippen molar-refractivity contribution in [2.45, 2.75) is 6.92 Å². The largest absolute Gasteiger partial charge is 0.399 e. The summed E-state index contributed by atoms with van der Waals surface area (Å²) in [6.07, 6.45) is 7.05. The van der Waals surface area contributed by atoms with Crippen LogP contribution in [0.4, 0.5) is 5.69 Å². The van der Waals surface area contributed by atoms with Gasteiger partial charge in [-0.15, -0.1) is 0 Å². The molecule has 0 aromatic carbocycles. The first-order valence-corrected chi connectivity index (χ1v) is 8.19. The summed E-state index contributed by atoms with van der Waals surface area (Å²) in [5, 5.41) is 0. The quantitative estimate of drug-likeness (QED) is 0.416. The first-order chi connectivity index (χ1) is 12.7. The molecule has 0 saturated carbocycles. The van der Waals surface area contributed by atoms with E-state index in [9.17, 15) is 0 Å². The number of nitrogens with zero attached hydrogens (tertiary/aromatic N) is 4. The van der Waals surface area contributed by atoms with Crippen LogP contribution in [0, 0.1) is 6.92 Å². The van der Waals surface area contributed by atoms with Gasteiger partial charge in [0.25, 0.3) is 0 Å². The predicted octanol–water partition coefficient (Wildman–Crippen LogP) is 4.18. The van der Waals surface area contributed by atoms with Gasteiger partial charge in [0.2, 0.25) is 0 Å². The molecule has 0 aliphatic rings. The molecule has 0 spiro atoms. The van der Waals surface area contributed by atoms with Crippen molar-refractivity contribution in [2.24, 2.45) is 0 Å². The molecule has 4 heterocycles. The van der Waals surface area contributed by atoms with E-state index < -0.39 is 0 Å². The minimum Gasteiger partial charge on any atom is -0.399 e. The van der Waals surface area contributed by atoms with Crippen molar-refractivity contribution >= 4 is 5.69 Å². The second-order valence-electron chi connectivity index (χ2n) is 5.63. The Bertz CT molecular complexity index is 890. The molecule has 138 valence electrons. The zero-order valence-corrected chi connectivity index (χ0v) is 17.0. The summed E-state index contributed by atoms with van der Waals surface area (Å²) in [7, 11) is 0. The summed E-state index contributed by atoms with van der Waals surface area (Å²) in [4.78, 5) is 17.0. The number of nitrogen functional groups attached to an aromatic ring is 1. The average molecular weight is 536 g/mol. The minimum absolute atomic E-state index is 0. The number of hydrogen-bond donors (Lipinski definition) is 1. The number of anilines is 1. The third-order valence-electron chi connectivity index (χ3n) is 3.55.